The molecule has 3 N–H and O–H groups in total. The molecule has 0 amide bonds. The topological polar surface area (TPSA) is 72.2 Å². The molecule has 0 unspecified atom stereocenters. The lowest BCUT2D eigenvalue weighted by Crippen LogP contribution is -2.26. The van der Waals surface area contributed by atoms with E-state index in [4.69, 9.17) is 5.73 Å². The zero-order valence-electron chi connectivity index (χ0n) is 11.4. The van der Waals surface area contributed by atoms with Gasteiger partial charge in [-0.1, -0.05) is 30.3 Å². The largest absolute Gasteiger partial charge is 0.326 e. The molecule has 0 atom stereocenters. The van der Waals surface area contributed by atoms with Crippen LogP contribution in [0.5, 0.6) is 0 Å². The molecular formula is C15H17FN2O2S. The van der Waals surface area contributed by atoms with Gasteiger partial charge >= 0.3 is 0 Å². The quantitative estimate of drug-likeness (QED) is 0.855. The Morgan fingerprint density at radius 2 is 1.81 bits per heavy atom. The number of hydrogen-bond donors (Lipinski definition) is 2. The van der Waals surface area contributed by atoms with Crippen molar-refractivity contribution in [2.24, 2.45) is 5.73 Å². The third-order valence-electron chi connectivity index (χ3n) is 3.10. The summed E-state index contributed by atoms with van der Waals surface area (Å²) < 4.78 is 40.1. The lowest BCUT2D eigenvalue weighted by Gasteiger charge is -2.08. The molecule has 0 aromatic heterocycles. The minimum absolute atomic E-state index is 0.0254. The molecule has 0 bridgehead atoms. The second-order valence-corrected chi connectivity index (χ2v) is 6.36. The molecule has 0 saturated heterocycles. The first-order valence-electron chi connectivity index (χ1n) is 6.55. The van der Waals surface area contributed by atoms with Crippen LogP contribution in [0.4, 0.5) is 4.39 Å². The summed E-state index contributed by atoms with van der Waals surface area (Å²) in [4.78, 5) is 0.0254. The van der Waals surface area contributed by atoms with Crippen LogP contribution in [-0.4, -0.2) is 15.0 Å². The van der Waals surface area contributed by atoms with E-state index in [9.17, 15) is 12.8 Å². The summed E-state index contributed by atoms with van der Waals surface area (Å²) in [6, 6.07) is 13.2. The lowest BCUT2D eigenvalue weighted by molar-refractivity contribution is 0.579. The highest BCUT2D eigenvalue weighted by Gasteiger charge is 2.15. The summed E-state index contributed by atoms with van der Waals surface area (Å²) in [6.45, 7) is 0.237. The number of rotatable bonds is 6. The molecule has 0 aliphatic heterocycles. The van der Waals surface area contributed by atoms with Crippen molar-refractivity contribution in [2.75, 3.05) is 6.54 Å². The predicted octanol–water partition coefficient (Wildman–Crippen LogP) is 1.81. The molecule has 0 fully saturated rings. The molecule has 0 heterocycles. The molecule has 4 nitrogen and oxygen atoms in total. The number of benzene rings is 2. The Morgan fingerprint density at radius 3 is 2.48 bits per heavy atom. The van der Waals surface area contributed by atoms with E-state index in [-0.39, 0.29) is 23.5 Å². The zero-order valence-corrected chi connectivity index (χ0v) is 12.2. The van der Waals surface area contributed by atoms with Gasteiger partial charge in [-0.2, -0.15) is 0 Å². The van der Waals surface area contributed by atoms with Gasteiger partial charge < -0.3 is 5.73 Å². The fourth-order valence-electron chi connectivity index (χ4n) is 1.93. The first-order valence-corrected chi connectivity index (χ1v) is 8.03. The predicted molar refractivity (Wildman–Crippen MR) is 79.6 cm³/mol. The van der Waals surface area contributed by atoms with E-state index in [1.54, 1.807) is 0 Å². The molecular weight excluding hydrogens is 291 g/mol. The number of sulfonamides is 1. The molecule has 6 heteroatoms. The highest BCUT2D eigenvalue weighted by atomic mass is 32.2. The van der Waals surface area contributed by atoms with E-state index in [2.05, 4.69) is 4.72 Å². The van der Waals surface area contributed by atoms with E-state index in [0.29, 0.717) is 6.42 Å². The van der Waals surface area contributed by atoms with Crippen LogP contribution < -0.4 is 10.5 Å². The van der Waals surface area contributed by atoms with Crippen LogP contribution >= 0.6 is 0 Å². The van der Waals surface area contributed by atoms with Crippen molar-refractivity contribution in [3.8, 4) is 0 Å². The molecule has 0 aliphatic carbocycles. The smallest absolute Gasteiger partial charge is 0.240 e. The molecule has 21 heavy (non-hydrogen) atoms. The van der Waals surface area contributed by atoms with Crippen LogP contribution in [0, 0.1) is 5.82 Å². The third-order valence-corrected chi connectivity index (χ3v) is 4.55. The van der Waals surface area contributed by atoms with Gasteiger partial charge in [0.25, 0.3) is 0 Å². The number of nitrogens with two attached hydrogens (primary N) is 1. The molecule has 2 aromatic rings. The standard InChI is InChI=1S/C15H17FN2O2S/c16-15-7-6-14(10-13(15)11-17)21(19,20)18-9-8-12-4-2-1-3-5-12/h1-7,10,18H,8-9,11,17H2. The van der Waals surface area contributed by atoms with Crippen molar-refractivity contribution in [1.29, 1.82) is 0 Å². The van der Waals surface area contributed by atoms with Crippen molar-refractivity contribution in [2.45, 2.75) is 17.9 Å². The van der Waals surface area contributed by atoms with Gasteiger partial charge in [0.2, 0.25) is 10.0 Å². The maximum absolute atomic E-state index is 13.3. The van der Waals surface area contributed by atoms with Crippen LogP contribution in [0.2, 0.25) is 0 Å². The second kappa shape index (κ2) is 6.80. The Balaban J connectivity index is 2.05. The Bertz CT molecular complexity index is 703. The van der Waals surface area contributed by atoms with Crippen LogP contribution in [0.25, 0.3) is 0 Å². The highest BCUT2D eigenvalue weighted by Crippen LogP contribution is 2.14. The van der Waals surface area contributed by atoms with Crippen molar-refractivity contribution < 1.29 is 12.8 Å². The van der Waals surface area contributed by atoms with E-state index in [0.717, 1.165) is 11.6 Å². The van der Waals surface area contributed by atoms with E-state index in [1.807, 2.05) is 30.3 Å². The summed E-state index contributed by atoms with van der Waals surface area (Å²) in [5, 5.41) is 0. The summed E-state index contributed by atoms with van der Waals surface area (Å²) >= 11 is 0. The first-order chi connectivity index (χ1) is 10.0. The maximum Gasteiger partial charge on any atom is 0.240 e. The molecule has 2 aromatic carbocycles. The second-order valence-electron chi connectivity index (χ2n) is 4.59. The fourth-order valence-corrected chi connectivity index (χ4v) is 3.01. The van der Waals surface area contributed by atoms with Crippen LogP contribution in [0.1, 0.15) is 11.1 Å². The maximum atomic E-state index is 13.3. The summed E-state index contributed by atoms with van der Waals surface area (Å²) in [5.41, 5.74) is 6.61. The van der Waals surface area contributed by atoms with Gasteiger partial charge in [-0.05, 0) is 30.2 Å². The Kier molecular flexibility index (Phi) is 5.06. The monoisotopic (exact) mass is 308 g/mol. The van der Waals surface area contributed by atoms with Crippen LogP contribution in [0.3, 0.4) is 0 Å². The molecule has 2 rings (SSSR count). The SMILES string of the molecule is NCc1cc(S(=O)(=O)NCCc2ccccc2)ccc1F. The van der Waals surface area contributed by atoms with Crippen molar-refractivity contribution in [3.63, 3.8) is 0 Å². The summed E-state index contributed by atoms with van der Waals surface area (Å²) in [7, 11) is -3.65. The van der Waals surface area contributed by atoms with Gasteiger partial charge in [0.15, 0.2) is 0 Å². The van der Waals surface area contributed by atoms with E-state index in [1.165, 1.54) is 12.1 Å². The number of halogens is 1. The van der Waals surface area contributed by atoms with Crippen LogP contribution in [0.15, 0.2) is 53.4 Å². The van der Waals surface area contributed by atoms with Crippen molar-refractivity contribution >= 4 is 10.0 Å². The zero-order chi connectivity index (χ0) is 15.3. The normalized spacial score (nSPS) is 11.5. The van der Waals surface area contributed by atoms with Gasteiger partial charge in [-0.25, -0.2) is 17.5 Å². The Labute approximate surface area is 123 Å². The van der Waals surface area contributed by atoms with Crippen molar-refractivity contribution in [1.82, 2.24) is 4.72 Å². The molecule has 0 aliphatic rings. The lowest BCUT2D eigenvalue weighted by atomic mass is 10.2. The van der Waals surface area contributed by atoms with Crippen molar-refractivity contribution in [3.05, 3.63) is 65.5 Å². The van der Waals surface area contributed by atoms with Gasteiger partial charge in [0.05, 0.1) is 4.90 Å². The Hall–Kier alpha value is -1.76. The highest BCUT2D eigenvalue weighted by molar-refractivity contribution is 7.89. The average Bonchev–Trinajstić information content (AvgIpc) is 2.48. The summed E-state index contributed by atoms with van der Waals surface area (Å²) in [6.07, 6.45) is 0.588. The van der Waals surface area contributed by atoms with Gasteiger partial charge in [0, 0.05) is 18.7 Å². The number of hydrogen-bond acceptors (Lipinski definition) is 3. The van der Waals surface area contributed by atoms with E-state index >= 15 is 0 Å². The third kappa shape index (κ3) is 4.10. The van der Waals surface area contributed by atoms with Gasteiger partial charge in [-0.3, -0.25) is 0 Å². The minimum Gasteiger partial charge on any atom is -0.326 e. The number of nitrogens with one attached hydrogen (secondary N) is 1. The van der Waals surface area contributed by atoms with Gasteiger partial charge in [0.1, 0.15) is 5.82 Å². The first kappa shape index (κ1) is 15.6. The average molecular weight is 308 g/mol. The fraction of sp³-hybridized carbons (Fsp3) is 0.200. The minimum atomic E-state index is -3.65. The molecule has 0 saturated carbocycles. The molecule has 0 radical (unpaired) electrons. The van der Waals surface area contributed by atoms with E-state index < -0.39 is 15.8 Å². The summed E-state index contributed by atoms with van der Waals surface area (Å²) in [5.74, 6) is -0.499. The molecule has 112 valence electrons. The molecule has 0 spiro atoms. The van der Waals surface area contributed by atoms with Gasteiger partial charge in [-0.15, -0.1) is 0 Å². The Morgan fingerprint density at radius 1 is 1.10 bits per heavy atom. The van der Waals surface area contributed by atoms with Crippen LogP contribution in [-0.2, 0) is 23.0 Å².